The average Bonchev–Trinajstić information content (AvgIpc) is 2.03. The smallest absolute Gasteiger partial charge is 0.407 e. The minimum atomic E-state index is -0.655. The van der Waals surface area contributed by atoms with Crippen LogP contribution in [0.4, 0.5) is 4.79 Å². The van der Waals surface area contributed by atoms with E-state index in [1.54, 1.807) is 0 Å². The number of alkyl carbamates (subject to hydrolysis) is 1. The molecule has 0 aromatic heterocycles. The molecular weight excluding hydrogens is 146 g/mol. The predicted molar refractivity (Wildman–Crippen MR) is 38.8 cm³/mol. The first kappa shape index (κ1) is 9.50. The van der Waals surface area contributed by atoms with Crippen LogP contribution in [-0.4, -0.2) is 25.5 Å². The Morgan fingerprint density at radius 3 is 2.91 bits per heavy atom. The molecule has 0 aromatic rings. The first-order valence-corrected chi connectivity index (χ1v) is 2.97. The zero-order valence-electron chi connectivity index (χ0n) is 6.16. The number of carbonyl (C=O) groups excluding carboxylic acids is 2. The molecule has 1 N–H and O–H groups in total. The van der Waals surface area contributed by atoms with Gasteiger partial charge in [-0.2, -0.15) is 0 Å². The standard InChI is InChI=1S/C7H9NO3/c1-3-4-6(5-9)8-7(10)11-2/h1,5-6H,4H2,2H3,(H,8,10). The van der Waals surface area contributed by atoms with E-state index in [-0.39, 0.29) is 6.42 Å². The highest BCUT2D eigenvalue weighted by Crippen LogP contribution is 1.86. The third kappa shape index (κ3) is 3.98. The molecule has 0 heterocycles. The molecule has 1 unspecified atom stereocenters. The summed E-state index contributed by atoms with van der Waals surface area (Å²) in [7, 11) is 1.22. The van der Waals surface area contributed by atoms with Crippen molar-refractivity contribution in [3.63, 3.8) is 0 Å². The van der Waals surface area contributed by atoms with Crippen molar-refractivity contribution in [3.8, 4) is 12.3 Å². The van der Waals surface area contributed by atoms with Gasteiger partial charge in [0.15, 0.2) is 0 Å². The van der Waals surface area contributed by atoms with Crippen LogP contribution in [-0.2, 0) is 9.53 Å². The number of ether oxygens (including phenoxy) is 1. The van der Waals surface area contributed by atoms with Gasteiger partial charge in [0, 0.05) is 6.42 Å². The topological polar surface area (TPSA) is 55.4 Å². The number of aldehydes is 1. The van der Waals surface area contributed by atoms with Crippen molar-refractivity contribution in [2.45, 2.75) is 12.5 Å². The fraction of sp³-hybridized carbons (Fsp3) is 0.429. The first-order valence-electron chi connectivity index (χ1n) is 2.97. The molecule has 0 aliphatic heterocycles. The van der Waals surface area contributed by atoms with Crippen LogP contribution >= 0.6 is 0 Å². The number of carbonyl (C=O) groups is 2. The molecule has 60 valence electrons. The van der Waals surface area contributed by atoms with E-state index in [2.05, 4.69) is 16.0 Å². The molecule has 1 amide bonds. The van der Waals surface area contributed by atoms with E-state index in [1.165, 1.54) is 7.11 Å². The lowest BCUT2D eigenvalue weighted by molar-refractivity contribution is -0.109. The summed E-state index contributed by atoms with van der Waals surface area (Å²) in [5, 5.41) is 2.25. The van der Waals surface area contributed by atoms with Gasteiger partial charge in [0.05, 0.1) is 13.2 Å². The minimum Gasteiger partial charge on any atom is -0.453 e. The summed E-state index contributed by atoms with van der Waals surface area (Å²) in [5.41, 5.74) is 0. The maximum Gasteiger partial charge on any atom is 0.407 e. The van der Waals surface area contributed by atoms with Gasteiger partial charge < -0.3 is 14.8 Å². The van der Waals surface area contributed by atoms with Gasteiger partial charge in [0.25, 0.3) is 0 Å². The summed E-state index contributed by atoms with van der Waals surface area (Å²) in [5.74, 6) is 2.25. The zero-order valence-corrected chi connectivity index (χ0v) is 6.16. The van der Waals surface area contributed by atoms with Crippen molar-refractivity contribution in [1.82, 2.24) is 5.32 Å². The maximum atomic E-state index is 10.5. The fourth-order valence-electron chi connectivity index (χ4n) is 0.470. The minimum absolute atomic E-state index is 0.179. The van der Waals surface area contributed by atoms with E-state index in [0.29, 0.717) is 6.29 Å². The van der Waals surface area contributed by atoms with Crippen LogP contribution < -0.4 is 5.32 Å². The molecular formula is C7H9NO3. The molecule has 11 heavy (non-hydrogen) atoms. The van der Waals surface area contributed by atoms with Crippen molar-refractivity contribution in [2.75, 3.05) is 7.11 Å². The van der Waals surface area contributed by atoms with E-state index in [1.807, 2.05) is 0 Å². The number of methoxy groups -OCH3 is 1. The second kappa shape index (κ2) is 5.30. The largest absolute Gasteiger partial charge is 0.453 e. The number of terminal acetylenes is 1. The van der Waals surface area contributed by atoms with E-state index in [4.69, 9.17) is 6.42 Å². The number of hydrogen-bond donors (Lipinski definition) is 1. The maximum absolute atomic E-state index is 10.5. The molecule has 0 aromatic carbocycles. The van der Waals surface area contributed by atoms with Gasteiger partial charge in [0.1, 0.15) is 6.29 Å². The Hall–Kier alpha value is -1.50. The van der Waals surface area contributed by atoms with Gasteiger partial charge in [0.2, 0.25) is 0 Å². The molecule has 0 saturated heterocycles. The highest BCUT2D eigenvalue weighted by Gasteiger charge is 2.08. The van der Waals surface area contributed by atoms with Crippen LogP contribution in [0.15, 0.2) is 0 Å². The van der Waals surface area contributed by atoms with E-state index in [9.17, 15) is 9.59 Å². The Morgan fingerprint density at radius 2 is 2.55 bits per heavy atom. The van der Waals surface area contributed by atoms with Crippen LogP contribution in [0.2, 0.25) is 0 Å². The summed E-state index contributed by atoms with van der Waals surface area (Å²) < 4.78 is 4.25. The van der Waals surface area contributed by atoms with E-state index >= 15 is 0 Å². The summed E-state index contributed by atoms with van der Waals surface area (Å²) in [6, 6.07) is -0.646. The molecule has 1 atom stereocenters. The Morgan fingerprint density at radius 1 is 1.91 bits per heavy atom. The number of rotatable bonds is 3. The van der Waals surface area contributed by atoms with Gasteiger partial charge >= 0.3 is 6.09 Å². The summed E-state index contributed by atoms with van der Waals surface area (Å²) in [4.78, 5) is 20.7. The van der Waals surface area contributed by atoms with Crippen LogP contribution in [0.3, 0.4) is 0 Å². The monoisotopic (exact) mass is 155 g/mol. The fourth-order valence-corrected chi connectivity index (χ4v) is 0.470. The Balaban J connectivity index is 3.79. The molecule has 0 saturated carbocycles. The molecule has 4 nitrogen and oxygen atoms in total. The van der Waals surface area contributed by atoms with Gasteiger partial charge in [-0.15, -0.1) is 12.3 Å². The number of amides is 1. The van der Waals surface area contributed by atoms with Crippen LogP contribution in [0.1, 0.15) is 6.42 Å². The molecule has 0 rings (SSSR count). The van der Waals surface area contributed by atoms with E-state index in [0.717, 1.165) is 0 Å². The normalized spacial score (nSPS) is 10.9. The molecule has 0 fully saturated rings. The van der Waals surface area contributed by atoms with Crippen molar-refractivity contribution >= 4 is 12.4 Å². The first-order chi connectivity index (χ1) is 5.24. The van der Waals surface area contributed by atoms with Gasteiger partial charge in [-0.1, -0.05) is 0 Å². The third-order valence-electron chi connectivity index (χ3n) is 0.991. The van der Waals surface area contributed by atoms with Crippen LogP contribution in [0.5, 0.6) is 0 Å². The van der Waals surface area contributed by atoms with E-state index < -0.39 is 12.1 Å². The lowest BCUT2D eigenvalue weighted by Crippen LogP contribution is -2.35. The lowest BCUT2D eigenvalue weighted by Gasteiger charge is -2.06. The third-order valence-corrected chi connectivity index (χ3v) is 0.991. The SMILES string of the molecule is C#CCC(C=O)NC(=O)OC. The quantitative estimate of drug-likeness (QED) is 0.458. The van der Waals surface area contributed by atoms with Crippen molar-refractivity contribution in [2.24, 2.45) is 0 Å². The van der Waals surface area contributed by atoms with Crippen molar-refractivity contribution in [3.05, 3.63) is 0 Å². The van der Waals surface area contributed by atoms with Gasteiger partial charge in [-0.25, -0.2) is 4.79 Å². The summed E-state index contributed by atoms with van der Waals surface area (Å²) >= 11 is 0. The Labute approximate surface area is 64.9 Å². The van der Waals surface area contributed by atoms with Crippen molar-refractivity contribution in [1.29, 1.82) is 0 Å². The lowest BCUT2D eigenvalue weighted by atomic mass is 10.2. The summed E-state index contributed by atoms with van der Waals surface area (Å²) in [6.45, 7) is 0. The van der Waals surface area contributed by atoms with Crippen LogP contribution in [0, 0.1) is 12.3 Å². The van der Waals surface area contributed by atoms with Crippen LogP contribution in [0.25, 0.3) is 0 Å². The second-order valence-electron chi connectivity index (χ2n) is 1.79. The van der Waals surface area contributed by atoms with Gasteiger partial charge in [-0.05, 0) is 0 Å². The van der Waals surface area contributed by atoms with Crippen molar-refractivity contribution < 1.29 is 14.3 Å². The number of nitrogens with one attached hydrogen (secondary N) is 1. The Kier molecular flexibility index (Phi) is 4.58. The Bertz CT molecular complexity index is 183. The second-order valence-corrected chi connectivity index (χ2v) is 1.79. The predicted octanol–water partition coefficient (Wildman–Crippen LogP) is -0.0668. The number of hydrogen-bond acceptors (Lipinski definition) is 3. The molecule has 0 aliphatic carbocycles. The van der Waals surface area contributed by atoms with Gasteiger partial charge in [-0.3, -0.25) is 0 Å². The molecule has 0 radical (unpaired) electrons. The summed E-state index contributed by atoms with van der Waals surface area (Å²) in [6.07, 6.45) is 5.01. The molecule has 0 aliphatic rings. The molecule has 0 spiro atoms. The zero-order chi connectivity index (χ0) is 8.69. The highest BCUT2D eigenvalue weighted by atomic mass is 16.5. The highest BCUT2D eigenvalue weighted by molar-refractivity contribution is 5.73. The molecule has 0 bridgehead atoms. The average molecular weight is 155 g/mol. The molecule has 4 heteroatoms.